The van der Waals surface area contributed by atoms with Crippen molar-refractivity contribution in [2.75, 3.05) is 5.32 Å². The lowest BCUT2D eigenvalue weighted by atomic mass is 10.0. The molecule has 0 bridgehead atoms. The zero-order valence-corrected chi connectivity index (χ0v) is 16.7. The first-order valence-electron chi connectivity index (χ1n) is 9.07. The molecule has 140 valence electrons. The summed E-state index contributed by atoms with van der Waals surface area (Å²) in [4.78, 5) is 0. The molecule has 0 spiro atoms. The molecule has 0 atom stereocenters. The molecular weight excluding hydrogens is 389 g/mol. The summed E-state index contributed by atoms with van der Waals surface area (Å²) in [6.45, 7) is 0.964. The highest BCUT2D eigenvalue weighted by atomic mass is 35.5. The van der Waals surface area contributed by atoms with E-state index in [0.29, 0.717) is 23.2 Å². The summed E-state index contributed by atoms with van der Waals surface area (Å²) in [7, 11) is 0. The van der Waals surface area contributed by atoms with Gasteiger partial charge in [0.25, 0.3) is 0 Å². The summed E-state index contributed by atoms with van der Waals surface area (Å²) in [6.07, 6.45) is 0. The number of ether oxygens (including phenoxy) is 1. The molecule has 0 aliphatic rings. The molecular formula is C24H19Cl2NO. The maximum absolute atomic E-state index is 6.30. The maximum atomic E-state index is 6.30. The van der Waals surface area contributed by atoms with Crippen LogP contribution < -0.4 is 10.1 Å². The van der Waals surface area contributed by atoms with E-state index in [9.17, 15) is 0 Å². The molecule has 0 unspecified atom stereocenters. The molecule has 0 aliphatic heterocycles. The third kappa shape index (κ3) is 4.09. The molecule has 0 heterocycles. The molecule has 0 amide bonds. The molecule has 2 nitrogen and oxygen atoms in total. The number of anilines is 1. The Labute approximate surface area is 174 Å². The average Bonchev–Trinajstić information content (AvgIpc) is 2.73. The Kier molecular flexibility index (Phi) is 5.70. The van der Waals surface area contributed by atoms with Gasteiger partial charge in [0.2, 0.25) is 0 Å². The van der Waals surface area contributed by atoms with E-state index in [1.807, 2.05) is 54.6 Å². The number of nitrogens with one attached hydrogen (secondary N) is 1. The summed E-state index contributed by atoms with van der Waals surface area (Å²) in [5.74, 6) is 0.818. The largest absolute Gasteiger partial charge is 0.488 e. The predicted molar refractivity (Wildman–Crippen MR) is 119 cm³/mol. The minimum Gasteiger partial charge on any atom is -0.488 e. The van der Waals surface area contributed by atoms with Gasteiger partial charge >= 0.3 is 0 Å². The van der Waals surface area contributed by atoms with E-state index in [0.717, 1.165) is 28.0 Å². The Morgan fingerprint density at radius 3 is 2.18 bits per heavy atom. The van der Waals surface area contributed by atoms with Gasteiger partial charge in [0, 0.05) is 33.4 Å². The van der Waals surface area contributed by atoms with Gasteiger partial charge in [-0.25, -0.2) is 0 Å². The summed E-state index contributed by atoms with van der Waals surface area (Å²) >= 11 is 12.6. The number of fused-ring (bicyclic) bond motifs is 1. The topological polar surface area (TPSA) is 21.3 Å². The zero-order valence-electron chi connectivity index (χ0n) is 15.2. The molecule has 4 aromatic carbocycles. The molecule has 0 aromatic heterocycles. The second-order valence-corrected chi connectivity index (χ2v) is 7.29. The Hall–Kier alpha value is -2.68. The Bertz CT molecular complexity index is 1080. The number of hydrogen-bond donors (Lipinski definition) is 1. The monoisotopic (exact) mass is 407 g/mol. The van der Waals surface area contributed by atoms with Crippen LogP contribution >= 0.6 is 23.2 Å². The van der Waals surface area contributed by atoms with E-state index in [1.165, 1.54) is 5.39 Å². The number of rotatable bonds is 6. The van der Waals surface area contributed by atoms with Crippen molar-refractivity contribution >= 4 is 39.7 Å². The summed E-state index contributed by atoms with van der Waals surface area (Å²) in [5.41, 5.74) is 2.96. The van der Waals surface area contributed by atoms with Gasteiger partial charge in [-0.1, -0.05) is 77.8 Å². The number of benzene rings is 4. The fourth-order valence-electron chi connectivity index (χ4n) is 3.20. The van der Waals surface area contributed by atoms with Crippen molar-refractivity contribution in [3.8, 4) is 5.75 Å². The van der Waals surface area contributed by atoms with Crippen molar-refractivity contribution < 1.29 is 4.74 Å². The van der Waals surface area contributed by atoms with Crippen LogP contribution in [0.15, 0.2) is 84.9 Å². The van der Waals surface area contributed by atoms with Crippen molar-refractivity contribution in [3.63, 3.8) is 0 Å². The third-order valence-corrected chi connectivity index (χ3v) is 5.38. The molecule has 28 heavy (non-hydrogen) atoms. The lowest BCUT2D eigenvalue weighted by molar-refractivity contribution is 0.304. The predicted octanol–water partition coefficient (Wildman–Crippen LogP) is 7.34. The maximum Gasteiger partial charge on any atom is 0.125 e. The second-order valence-electron chi connectivity index (χ2n) is 6.47. The first kappa shape index (κ1) is 18.7. The van der Waals surface area contributed by atoms with Crippen molar-refractivity contribution in [1.29, 1.82) is 0 Å². The normalized spacial score (nSPS) is 10.8. The summed E-state index contributed by atoms with van der Waals surface area (Å²) in [5, 5.41) is 7.04. The van der Waals surface area contributed by atoms with Gasteiger partial charge in [0.05, 0.1) is 0 Å². The van der Waals surface area contributed by atoms with Gasteiger partial charge in [0.1, 0.15) is 12.4 Å². The van der Waals surface area contributed by atoms with Crippen LogP contribution in [0.1, 0.15) is 11.1 Å². The van der Waals surface area contributed by atoms with Gasteiger partial charge in [-0.3, -0.25) is 0 Å². The van der Waals surface area contributed by atoms with Crippen LogP contribution in [0.5, 0.6) is 5.75 Å². The zero-order chi connectivity index (χ0) is 19.3. The Morgan fingerprint density at radius 1 is 0.679 bits per heavy atom. The van der Waals surface area contributed by atoms with E-state index in [1.54, 1.807) is 0 Å². The molecule has 4 aromatic rings. The molecule has 0 aliphatic carbocycles. The molecule has 0 saturated carbocycles. The Balaban J connectivity index is 1.65. The van der Waals surface area contributed by atoms with Crippen LogP contribution in [0.2, 0.25) is 10.0 Å². The number of para-hydroxylation sites is 1. The van der Waals surface area contributed by atoms with Gasteiger partial charge in [-0.15, -0.1) is 0 Å². The van der Waals surface area contributed by atoms with Crippen molar-refractivity contribution in [3.05, 3.63) is 106 Å². The van der Waals surface area contributed by atoms with Gasteiger partial charge in [-0.2, -0.15) is 0 Å². The Morgan fingerprint density at radius 2 is 1.39 bits per heavy atom. The first-order chi connectivity index (χ1) is 13.7. The van der Waals surface area contributed by atoms with Gasteiger partial charge < -0.3 is 10.1 Å². The fourth-order valence-corrected chi connectivity index (χ4v) is 3.71. The van der Waals surface area contributed by atoms with Crippen molar-refractivity contribution in [2.24, 2.45) is 0 Å². The van der Waals surface area contributed by atoms with Gasteiger partial charge in [-0.05, 0) is 41.1 Å². The quantitative estimate of drug-likeness (QED) is 0.360. The van der Waals surface area contributed by atoms with Crippen molar-refractivity contribution in [1.82, 2.24) is 0 Å². The van der Waals surface area contributed by atoms with E-state index in [2.05, 4.69) is 35.6 Å². The molecule has 0 saturated heterocycles. The summed E-state index contributed by atoms with van der Waals surface area (Å²) < 4.78 is 6.17. The van der Waals surface area contributed by atoms with E-state index in [-0.39, 0.29) is 0 Å². The molecule has 4 rings (SSSR count). The second kappa shape index (κ2) is 8.55. The first-order valence-corrected chi connectivity index (χ1v) is 9.83. The van der Waals surface area contributed by atoms with Crippen LogP contribution in [-0.4, -0.2) is 0 Å². The van der Waals surface area contributed by atoms with Crippen LogP contribution in [0.4, 0.5) is 5.69 Å². The van der Waals surface area contributed by atoms with E-state index >= 15 is 0 Å². The molecule has 0 radical (unpaired) electrons. The lowest BCUT2D eigenvalue weighted by Crippen LogP contribution is -2.05. The minimum atomic E-state index is 0.315. The molecule has 1 N–H and O–H groups in total. The van der Waals surface area contributed by atoms with Crippen LogP contribution in [0.25, 0.3) is 10.8 Å². The van der Waals surface area contributed by atoms with Gasteiger partial charge in [0.15, 0.2) is 0 Å². The highest BCUT2D eigenvalue weighted by Crippen LogP contribution is 2.31. The van der Waals surface area contributed by atoms with Crippen LogP contribution in [0.3, 0.4) is 0 Å². The standard InChI is InChI=1S/C24H19Cl2NO/c25-22-11-6-12-23(26)21(22)16-28-24-14-13-17-7-4-5-10-19(17)20(24)15-27-18-8-2-1-3-9-18/h1-14,27H,15-16H2. The van der Waals surface area contributed by atoms with Crippen LogP contribution in [0, 0.1) is 0 Å². The SMILES string of the molecule is Clc1cccc(Cl)c1COc1ccc2ccccc2c1CNc1ccccc1. The van der Waals surface area contributed by atoms with E-state index in [4.69, 9.17) is 27.9 Å². The van der Waals surface area contributed by atoms with E-state index < -0.39 is 0 Å². The molecule has 0 fully saturated rings. The fraction of sp³-hybridized carbons (Fsp3) is 0.0833. The smallest absolute Gasteiger partial charge is 0.125 e. The number of halogens is 2. The minimum absolute atomic E-state index is 0.315. The lowest BCUT2D eigenvalue weighted by Gasteiger charge is -2.16. The van der Waals surface area contributed by atoms with Crippen LogP contribution in [-0.2, 0) is 13.2 Å². The third-order valence-electron chi connectivity index (χ3n) is 4.67. The highest BCUT2D eigenvalue weighted by Gasteiger charge is 2.12. The molecule has 4 heteroatoms. The highest BCUT2D eigenvalue weighted by molar-refractivity contribution is 6.35. The average molecular weight is 408 g/mol. The van der Waals surface area contributed by atoms with Crippen molar-refractivity contribution in [2.45, 2.75) is 13.2 Å². The number of hydrogen-bond acceptors (Lipinski definition) is 2. The summed E-state index contributed by atoms with van der Waals surface area (Å²) in [6, 6.07) is 28.0.